The standard InChI is InChI=1S/C52H68N10O7S3/c1-31(53-7)43(63)57-35-23-27-71-37-29-51(3,4)41(61(37)49(35)68)46(66)59-39(33-19-13-11-14-20-33)44(64)55-25-17-9-10-18-26-56-45(65)40(34-21-15-12-16-22-34)60-47(67)42-52(5,6)30-38-62(42)50(69)36(24-28-72-38)58-48(70)32(2)54-8/h11-16,19-22,31-32,35-42,53-54H,23-30H2,1-8H3,(H,55,64)(H,56,65)(H,57,63)(H,58,70)(H,59,66)(H,60,67)/t31?,32?,35-,36-,37-,38-,39?,40?,41+,42+/m0/s1. The number of benzene rings is 2. The van der Waals surface area contributed by atoms with E-state index in [0.717, 1.165) is 0 Å². The second kappa shape index (κ2) is 24.9. The van der Waals surface area contributed by atoms with E-state index in [4.69, 9.17) is 12.2 Å². The Balaban J connectivity index is 1.08. The predicted octanol–water partition coefficient (Wildman–Crippen LogP) is 2.11. The highest BCUT2D eigenvalue weighted by Crippen LogP contribution is 2.48. The molecule has 6 rings (SSSR count). The third-order valence-electron chi connectivity index (χ3n) is 13.7. The number of fused-ring (bicyclic) bond motifs is 2. The van der Waals surface area contributed by atoms with E-state index in [1.54, 1.807) is 109 Å². The molecule has 4 heterocycles. The van der Waals surface area contributed by atoms with Crippen molar-refractivity contribution in [3.05, 3.63) is 71.8 Å². The minimum absolute atomic E-state index is 0.101. The summed E-state index contributed by atoms with van der Waals surface area (Å²) < 4.78 is 0. The van der Waals surface area contributed by atoms with Gasteiger partial charge >= 0.3 is 0 Å². The van der Waals surface area contributed by atoms with Crippen LogP contribution in [0.2, 0.25) is 0 Å². The van der Waals surface area contributed by atoms with Crippen molar-refractivity contribution in [1.29, 1.82) is 0 Å². The molecule has 0 bridgehead atoms. The minimum atomic E-state index is -1.12. The SMILES string of the molecule is CNC(C)C(=O)N[C@H]1CCS[C@H]2CC(C)(C)[C@@H](C(=O)NC(C(=O)NCC#CC#CCNC(=O)C(NC(=O)[C@H]3N4C(=O)[C@@H](NC(=S)C(C)NC)CCS[C@H]4CC3(C)C)c3ccccc3)c3ccccc3)N2C1=O. The van der Waals surface area contributed by atoms with Gasteiger partial charge in [0.25, 0.3) is 0 Å². The first kappa shape index (κ1) is 55.7. The number of nitrogens with one attached hydrogen (secondary N) is 8. The topological polar surface area (TPSA) is 222 Å². The molecule has 4 aliphatic rings. The van der Waals surface area contributed by atoms with Gasteiger partial charge in [-0.25, -0.2) is 0 Å². The lowest BCUT2D eigenvalue weighted by Gasteiger charge is -2.35. The van der Waals surface area contributed by atoms with Crippen molar-refractivity contribution in [3.63, 3.8) is 0 Å². The molecule has 72 heavy (non-hydrogen) atoms. The lowest BCUT2D eigenvalue weighted by atomic mass is 9.83. The van der Waals surface area contributed by atoms with Crippen molar-refractivity contribution in [2.24, 2.45) is 10.8 Å². The van der Waals surface area contributed by atoms with Crippen LogP contribution in [0.15, 0.2) is 60.7 Å². The fraction of sp³-hybridized carbons (Fsp3) is 0.538. The number of thiocarbonyl (C=S) groups is 1. The maximum absolute atomic E-state index is 14.4. The summed E-state index contributed by atoms with van der Waals surface area (Å²) in [4.78, 5) is 101. The molecule has 0 spiro atoms. The number of rotatable bonds is 16. The number of thioether (sulfide) groups is 2. The summed E-state index contributed by atoms with van der Waals surface area (Å²) in [5.41, 5.74) is -0.171. The smallest absolute Gasteiger partial charge is 0.247 e. The van der Waals surface area contributed by atoms with Gasteiger partial charge in [-0.15, -0.1) is 23.5 Å². The van der Waals surface area contributed by atoms with Gasteiger partial charge in [-0.1, -0.05) is 112 Å². The van der Waals surface area contributed by atoms with E-state index in [1.807, 2.05) is 40.7 Å². The molecule has 4 unspecified atom stereocenters. The molecule has 0 saturated carbocycles. The van der Waals surface area contributed by atoms with E-state index in [0.29, 0.717) is 53.3 Å². The van der Waals surface area contributed by atoms with Crippen molar-refractivity contribution in [2.45, 2.75) is 126 Å². The molecule has 2 aromatic carbocycles. The Morgan fingerprint density at radius 1 is 0.639 bits per heavy atom. The van der Waals surface area contributed by atoms with E-state index >= 15 is 0 Å². The molecule has 2 aromatic rings. The third kappa shape index (κ3) is 13.3. The quantitative estimate of drug-likeness (QED) is 0.0894. The van der Waals surface area contributed by atoms with E-state index < -0.39 is 76.8 Å². The summed E-state index contributed by atoms with van der Waals surface area (Å²) in [6.45, 7) is 11.2. The molecule has 0 aromatic heterocycles. The largest absolute Gasteiger partial charge is 0.367 e. The van der Waals surface area contributed by atoms with Crippen LogP contribution in [0.4, 0.5) is 0 Å². The van der Waals surface area contributed by atoms with Crippen molar-refractivity contribution in [1.82, 2.24) is 52.3 Å². The first-order chi connectivity index (χ1) is 34.3. The minimum Gasteiger partial charge on any atom is -0.367 e. The maximum atomic E-state index is 14.4. The molecule has 386 valence electrons. The normalized spacial score (nSPS) is 24.6. The number of carbonyl (C=O) groups is 7. The average Bonchev–Trinajstić information content (AvgIpc) is 3.68. The number of carbonyl (C=O) groups excluding carboxylic acids is 7. The lowest BCUT2D eigenvalue weighted by molar-refractivity contribution is -0.144. The monoisotopic (exact) mass is 1040 g/mol. The highest BCUT2D eigenvalue weighted by Gasteiger charge is 2.56. The zero-order valence-corrected chi connectivity index (χ0v) is 44.6. The number of hydrogen-bond acceptors (Lipinski definition) is 12. The van der Waals surface area contributed by atoms with Gasteiger partial charge in [0.1, 0.15) is 36.3 Å². The summed E-state index contributed by atoms with van der Waals surface area (Å²) in [7, 11) is 3.46. The summed E-state index contributed by atoms with van der Waals surface area (Å²) in [6.07, 6.45) is 2.13. The molecule has 8 N–H and O–H groups in total. The Morgan fingerprint density at radius 3 is 1.44 bits per heavy atom. The predicted molar refractivity (Wildman–Crippen MR) is 285 cm³/mol. The van der Waals surface area contributed by atoms with Gasteiger partial charge in [0.15, 0.2) is 0 Å². The summed E-state index contributed by atoms with van der Waals surface area (Å²) in [6, 6.07) is 11.6. The van der Waals surface area contributed by atoms with Crippen LogP contribution in [-0.4, -0.2) is 142 Å². The molecule has 0 radical (unpaired) electrons. The Morgan fingerprint density at radius 2 is 1.04 bits per heavy atom. The fourth-order valence-corrected chi connectivity index (χ4v) is 13.0. The number of likely N-dealkylation sites (N-methyl/N-ethyl adjacent to an activating group) is 2. The van der Waals surface area contributed by atoms with Crippen LogP contribution in [0.3, 0.4) is 0 Å². The van der Waals surface area contributed by atoms with Gasteiger partial charge < -0.3 is 52.3 Å². The zero-order chi connectivity index (χ0) is 52.3. The van der Waals surface area contributed by atoms with E-state index in [2.05, 4.69) is 66.2 Å². The second-order valence-corrected chi connectivity index (χ2v) is 22.8. The van der Waals surface area contributed by atoms with Crippen LogP contribution in [0.5, 0.6) is 0 Å². The van der Waals surface area contributed by atoms with Crippen molar-refractivity contribution >= 4 is 82.1 Å². The molecule has 0 aliphatic carbocycles. The number of nitrogens with zero attached hydrogens (tertiary/aromatic N) is 2. The first-order valence-electron chi connectivity index (χ1n) is 24.3. The highest BCUT2D eigenvalue weighted by atomic mass is 32.2. The van der Waals surface area contributed by atoms with E-state index in [1.165, 1.54) is 0 Å². The van der Waals surface area contributed by atoms with Crippen LogP contribution in [0.25, 0.3) is 0 Å². The molecule has 4 fully saturated rings. The van der Waals surface area contributed by atoms with Crippen molar-refractivity contribution in [2.75, 3.05) is 38.7 Å². The van der Waals surface area contributed by atoms with Crippen LogP contribution in [0.1, 0.15) is 90.4 Å². The van der Waals surface area contributed by atoms with Crippen molar-refractivity contribution < 1.29 is 33.6 Å². The van der Waals surface area contributed by atoms with Gasteiger partial charge in [-0.3, -0.25) is 33.6 Å². The Hall–Kier alpha value is -5.64. The average molecular weight is 1040 g/mol. The van der Waals surface area contributed by atoms with Crippen molar-refractivity contribution in [3.8, 4) is 23.7 Å². The molecule has 4 aliphatic heterocycles. The van der Waals surface area contributed by atoms with Crippen LogP contribution in [-0.2, 0) is 33.6 Å². The fourth-order valence-electron chi connectivity index (χ4n) is 9.54. The third-order valence-corrected chi connectivity index (χ3v) is 16.7. The van der Waals surface area contributed by atoms with Crippen LogP contribution < -0.4 is 42.5 Å². The summed E-state index contributed by atoms with van der Waals surface area (Å²) in [5, 5.41) is 23.0. The Bertz CT molecular complexity index is 2310. The second-order valence-electron chi connectivity index (χ2n) is 19.8. The van der Waals surface area contributed by atoms with E-state index in [9.17, 15) is 33.6 Å². The number of amides is 7. The van der Waals surface area contributed by atoms with Crippen LogP contribution >= 0.6 is 35.7 Å². The molecule has 20 heteroatoms. The molecule has 7 amide bonds. The number of hydrogen-bond donors (Lipinski definition) is 8. The van der Waals surface area contributed by atoms with Gasteiger partial charge in [0.2, 0.25) is 41.4 Å². The van der Waals surface area contributed by atoms with Gasteiger partial charge in [-0.05, 0) is 98.9 Å². The molecular weight excluding hydrogens is 973 g/mol. The summed E-state index contributed by atoms with van der Waals surface area (Å²) >= 11 is 8.80. The maximum Gasteiger partial charge on any atom is 0.247 e. The van der Waals surface area contributed by atoms with Crippen LogP contribution in [0, 0.1) is 34.5 Å². The molecule has 17 nitrogen and oxygen atoms in total. The lowest BCUT2D eigenvalue weighted by Crippen LogP contribution is -2.58. The Labute approximate surface area is 437 Å². The Kier molecular flexibility index (Phi) is 19.2. The van der Waals surface area contributed by atoms with Gasteiger partial charge in [0, 0.05) is 0 Å². The van der Waals surface area contributed by atoms with Gasteiger partial charge in [-0.2, -0.15) is 0 Å². The van der Waals surface area contributed by atoms with E-state index in [-0.39, 0.29) is 47.6 Å². The molecular formula is C52H68N10O7S3. The zero-order valence-electron chi connectivity index (χ0n) is 42.2. The highest BCUT2D eigenvalue weighted by molar-refractivity contribution is 8.00. The first-order valence-corrected chi connectivity index (χ1v) is 26.8. The molecule has 10 atom stereocenters. The van der Waals surface area contributed by atoms with Gasteiger partial charge in [0.05, 0.1) is 40.9 Å². The molecule has 4 saturated heterocycles. The summed E-state index contributed by atoms with van der Waals surface area (Å²) in [5.74, 6) is 9.50.